The second-order valence-electron chi connectivity index (χ2n) is 7.13. The molecule has 3 aromatic rings. The van der Waals surface area contributed by atoms with Gasteiger partial charge in [0.15, 0.2) is 0 Å². The average molecular weight is 408 g/mol. The number of benzene rings is 1. The third-order valence-electron chi connectivity index (χ3n) is 4.93. The molecule has 30 heavy (non-hydrogen) atoms. The highest BCUT2D eigenvalue weighted by Crippen LogP contribution is 2.24. The number of hydrogen-bond acceptors (Lipinski definition) is 5. The molecule has 154 valence electrons. The van der Waals surface area contributed by atoms with Crippen LogP contribution in [0.4, 0.5) is 4.39 Å². The molecule has 1 atom stereocenters. The van der Waals surface area contributed by atoms with E-state index >= 15 is 0 Å². The van der Waals surface area contributed by atoms with Crippen LogP contribution >= 0.6 is 0 Å². The van der Waals surface area contributed by atoms with Gasteiger partial charge in [-0.25, -0.2) is 14.1 Å². The normalized spacial score (nSPS) is 16.5. The summed E-state index contributed by atoms with van der Waals surface area (Å²) in [6, 6.07) is 14.7. The van der Waals surface area contributed by atoms with E-state index in [1.54, 1.807) is 36.1 Å². The first-order valence-electron chi connectivity index (χ1n) is 9.66. The van der Waals surface area contributed by atoms with Gasteiger partial charge in [0, 0.05) is 18.2 Å². The predicted octanol–water partition coefficient (Wildman–Crippen LogP) is 2.35. The van der Waals surface area contributed by atoms with Crippen LogP contribution in [0.15, 0.2) is 59.4 Å². The number of hydrogen-bond donors (Lipinski definition) is 0. The lowest BCUT2D eigenvalue weighted by atomic mass is 10.1. The molecule has 0 aliphatic carbocycles. The van der Waals surface area contributed by atoms with E-state index in [1.807, 2.05) is 12.1 Å². The summed E-state index contributed by atoms with van der Waals surface area (Å²) in [5.74, 6) is -0.532. The van der Waals surface area contributed by atoms with E-state index in [4.69, 9.17) is 4.74 Å². The Balaban J connectivity index is 1.50. The number of carbonyl (C=O) groups is 1. The van der Waals surface area contributed by atoms with E-state index in [0.717, 1.165) is 0 Å². The Morgan fingerprint density at radius 2 is 2.03 bits per heavy atom. The van der Waals surface area contributed by atoms with Gasteiger partial charge < -0.3 is 9.64 Å². The molecule has 0 N–H and O–H groups in total. The van der Waals surface area contributed by atoms with Crippen molar-refractivity contribution in [2.24, 2.45) is 0 Å². The van der Waals surface area contributed by atoms with E-state index in [-0.39, 0.29) is 23.8 Å². The van der Waals surface area contributed by atoms with Crippen molar-refractivity contribution in [1.29, 1.82) is 0 Å². The number of aromatic nitrogens is 3. The highest BCUT2D eigenvalue weighted by atomic mass is 19.1. The third kappa shape index (κ3) is 4.44. The molecule has 7 nitrogen and oxygen atoms in total. The first-order chi connectivity index (χ1) is 14.5. The van der Waals surface area contributed by atoms with E-state index in [0.29, 0.717) is 42.3 Å². The summed E-state index contributed by atoms with van der Waals surface area (Å²) in [7, 11) is 0. The highest BCUT2D eigenvalue weighted by molar-refractivity contribution is 5.76. The molecule has 0 saturated carbocycles. The van der Waals surface area contributed by atoms with Crippen molar-refractivity contribution in [3.8, 4) is 11.3 Å². The molecule has 2 aromatic heterocycles. The topological polar surface area (TPSA) is 77.3 Å². The molecule has 1 saturated heterocycles. The van der Waals surface area contributed by atoms with Gasteiger partial charge in [-0.2, -0.15) is 5.10 Å². The van der Waals surface area contributed by atoms with Gasteiger partial charge in [-0.3, -0.25) is 9.59 Å². The van der Waals surface area contributed by atoms with Crippen LogP contribution in [0.5, 0.6) is 0 Å². The maximum atomic E-state index is 13.6. The number of morpholine rings is 1. The molecule has 3 heterocycles. The van der Waals surface area contributed by atoms with Gasteiger partial charge in [0.1, 0.15) is 18.5 Å². The zero-order valence-electron chi connectivity index (χ0n) is 16.5. The smallest absolute Gasteiger partial charge is 0.267 e. The Kier molecular flexibility index (Phi) is 5.67. The number of aryl methyl sites for hydroxylation is 1. The monoisotopic (exact) mass is 408 g/mol. The number of nitrogens with zero attached hydrogens (tertiary/aromatic N) is 4. The molecular weight excluding hydrogens is 387 g/mol. The van der Waals surface area contributed by atoms with Crippen molar-refractivity contribution in [2.75, 3.05) is 19.7 Å². The fourth-order valence-electron chi connectivity index (χ4n) is 3.39. The van der Waals surface area contributed by atoms with Crippen molar-refractivity contribution in [2.45, 2.75) is 19.6 Å². The Bertz CT molecular complexity index is 1130. The Labute approximate surface area is 172 Å². The molecule has 1 unspecified atom stereocenters. The molecule has 1 aliphatic heterocycles. The van der Waals surface area contributed by atoms with Crippen LogP contribution in [-0.2, 0) is 16.1 Å². The second-order valence-corrected chi connectivity index (χ2v) is 7.13. The Morgan fingerprint density at radius 3 is 2.87 bits per heavy atom. The van der Waals surface area contributed by atoms with Gasteiger partial charge in [-0.15, -0.1) is 0 Å². The zero-order chi connectivity index (χ0) is 21.1. The lowest BCUT2D eigenvalue weighted by Crippen LogP contribution is -2.45. The van der Waals surface area contributed by atoms with Gasteiger partial charge in [-0.05, 0) is 37.3 Å². The molecule has 8 heteroatoms. The van der Waals surface area contributed by atoms with Crippen LogP contribution in [0.3, 0.4) is 0 Å². The second kappa shape index (κ2) is 8.54. The number of rotatable bonds is 4. The van der Waals surface area contributed by atoms with Gasteiger partial charge >= 0.3 is 0 Å². The largest absolute Gasteiger partial charge is 0.368 e. The number of carbonyl (C=O) groups excluding carboxylic acids is 1. The van der Waals surface area contributed by atoms with Crippen LogP contribution < -0.4 is 5.56 Å². The lowest BCUT2D eigenvalue weighted by molar-refractivity contribution is -0.140. The molecule has 1 fully saturated rings. The van der Waals surface area contributed by atoms with E-state index in [9.17, 15) is 14.0 Å². The molecular formula is C22H21FN4O3. The molecule has 0 spiro atoms. The van der Waals surface area contributed by atoms with Crippen LogP contribution in [0.2, 0.25) is 0 Å². The first-order valence-corrected chi connectivity index (χ1v) is 9.66. The third-order valence-corrected chi connectivity index (χ3v) is 4.93. The predicted molar refractivity (Wildman–Crippen MR) is 108 cm³/mol. The quantitative estimate of drug-likeness (QED) is 0.662. The number of halogens is 1. The van der Waals surface area contributed by atoms with Crippen LogP contribution in [0.25, 0.3) is 11.3 Å². The minimum Gasteiger partial charge on any atom is -0.368 e. The number of ether oxygens (including phenoxy) is 1. The van der Waals surface area contributed by atoms with Gasteiger partial charge in [0.25, 0.3) is 5.56 Å². The summed E-state index contributed by atoms with van der Waals surface area (Å²) < 4.78 is 20.6. The summed E-state index contributed by atoms with van der Waals surface area (Å²) in [5.41, 5.74) is 2.32. The Hall–Kier alpha value is -3.39. The highest BCUT2D eigenvalue weighted by Gasteiger charge is 2.27. The van der Waals surface area contributed by atoms with Crippen molar-refractivity contribution in [3.05, 3.63) is 82.2 Å². The van der Waals surface area contributed by atoms with Crippen LogP contribution in [0.1, 0.15) is 17.5 Å². The average Bonchev–Trinajstić information content (AvgIpc) is 2.76. The summed E-state index contributed by atoms with van der Waals surface area (Å²) >= 11 is 0. The molecule has 0 radical (unpaired) electrons. The maximum Gasteiger partial charge on any atom is 0.267 e. The molecule has 4 rings (SSSR count). The van der Waals surface area contributed by atoms with E-state index in [2.05, 4.69) is 10.1 Å². The van der Waals surface area contributed by atoms with Gasteiger partial charge in [0.05, 0.1) is 30.2 Å². The summed E-state index contributed by atoms with van der Waals surface area (Å²) in [6.45, 7) is 2.75. The van der Waals surface area contributed by atoms with Crippen LogP contribution in [0, 0.1) is 12.7 Å². The van der Waals surface area contributed by atoms with E-state index < -0.39 is 6.10 Å². The van der Waals surface area contributed by atoms with Crippen molar-refractivity contribution < 1.29 is 13.9 Å². The summed E-state index contributed by atoms with van der Waals surface area (Å²) in [6.07, 6.45) is -0.404. The summed E-state index contributed by atoms with van der Waals surface area (Å²) in [5, 5.41) is 4.12. The van der Waals surface area contributed by atoms with Crippen molar-refractivity contribution in [3.63, 3.8) is 0 Å². The minimum atomic E-state index is -0.404. The molecule has 1 aromatic carbocycles. The van der Waals surface area contributed by atoms with Crippen molar-refractivity contribution >= 4 is 5.91 Å². The lowest BCUT2D eigenvalue weighted by Gasteiger charge is -2.32. The molecule has 1 amide bonds. The number of pyridine rings is 1. The van der Waals surface area contributed by atoms with Crippen LogP contribution in [-0.4, -0.2) is 45.3 Å². The zero-order valence-corrected chi connectivity index (χ0v) is 16.5. The minimum absolute atomic E-state index is 0.121. The van der Waals surface area contributed by atoms with E-state index in [1.165, 1.54) is 22.9 Å². The Morgan fingerprint density at radius 1 is 1.20 bits per heavy atom. The number of amides is 1. The summed E-state index contributed by atoms with van der Waals surface area (Å²) in [4.78, 5) is 31.0. The van der Waals surface area contributed by atoms with Crippen molar-refractivity contribution in [1.82, 2.24) is 19.7 Å². The molecule has 0 bridgehead atoms. The fourth-order valence-corrected chi connectivity index (χ4v) is 3.39. The van der Waals surface area contributed by atoms with Gasteiger partial charge in [0.2, 0.25) is 5.91 Å². The molecule has 1 aliphatic rings. The van der Waals surface area contributed by atoms with Gasteiger partial charge in [-0.1, -0.05) is 18.2 Å². The fraction of sp³-hybridized carbons (Fsp3) is 0.273. The first kappa shape index (κ1) is 19.9. The standard InChI is InChI=1S/C22H21FN4O3/c1-15-8-9-21(28)27(25-15)14-22(29)26-10-11-30-20(13-26)19-7-3-6-18(24-19)16-4-2-5-17(23)12-16/h2-9,12,20H,10-11,13-14H2,1H3. The maximum absolute atomic E-state index is 13.6. The SMILES string of the molecule is Cc1ccc(=O)n(CC(=O)N2CCOC(c3cccc(-c4cccc(F)c4)n3)C2)n1.